The molecule has 1 unspecified atom stereocenters. The van der Waals surface area contributed by atoms with Gasteiger partial charge in [0.25, 0.3) is 5.56 Å². The summed E-state index contributed by atoms with van der Waals surface area (Å²) in [4.78, 5) is 30.7. The van der Waals surface area contributed by atoms with Crippen LogP contribution in [-0.4, -0.2) is 41.5 Å². The van der Waals surface area contributed by atoms with Gasteiger partial charge in [0.2, 0.25) is 5.91 Å². The second kappa shape index (κ2) is 12.8. The molecule has 40 heavy (non-hydrogen) atoms. The van der Waals surface area contributed by atoms with Crippen molar-refractivity contribution in [1.29, 1.82) is 5.41 Å². The number of nitrogens with two attached hydrogens (primary N) is 2. The van der Waals surface area contributed by atoms with Gasteiger partial charge in [0, 0.05) is 29.4 Å². The average Bonchev–Trinajstić information content (AvgIpc) is 2.89. The molecular formula is C28H37N7O4S. The van der Waals surface area contributed by atoms with E-state index in [-0.39, 0.29) is 58.7 Å². The number of amides is 1. The van der Waals surface area contributed by atoms with Crippen molar-refractivity contribution in [3.63, 3.8) is 0 Å². The van der Waals surface area contributed by atoms with Gasteiger partial charge in [-0.25, -0.2) is 13.4 Å². The number of nitrogens with zero attached hydrogens (tertiary/aromatic N) is 2. The fourth-order valence-corrected chi connectivity index (χ4v) is 5.79. The molecule has 0 saturated carbocycles. The Hall–Kier alpha value is -4.19. The summed E-state index contributed by atoms with van der Waals surface area (Å²) < 4.78 is 27.4. The second-order valence-electron chi connectivity index (χ2n) is 10.2. The van der Waals surface area contributed by atoms with Crippen LogP contribution in [0.25, 0.3) is 11.3 Å². The summed E-state index contributed by atoms with van der Waals surface area (Å²) in [6.07, 6.45) is 2.14. The van der Waals surface area contributed by atoms with Crippen molar-refractivity contribution in [2.24, 2.45) is 11.7 Å². The summed E-state index contributed by atoms with van der Waals surface area (Å²) in [6, 6.07) is 11.2. The van der Waals surface area contributed by atoms with E-state index in [9.17, 15) is 18.0 Å². The van der Waals surface area contributed by atoms with Crippen LogP contribution >= 0.6 is 0 Å². The van der Waals surface area contributed by atoms with Gasteiger partial charge in [-0.2, -0.15) is 0 Å². The first kappa shape index (κ1) is 30.4. The lowest BCUT2D eigenvalue weighted by molar-refractivity contribution is -0.121. The van der Waals surface area contributed by atoms with Gasteiger partial charge in [0.15, 0.2) is 15.7 Å². The molecule has 3 rings (SSSR count). The van der Waals surface area contributed by atoms with Crippen LogP contribution in [-0.2, 0) is 27.7 Å². The molecule has 2 aromatic carbocycles. The molecule has 7 N–H and O–H groups in total. The van der Waals surface area contributed by atoms with E-state index in [4.69, 9.17) is 16.9 Å². The smallest absolute Gasteiger partial charge is 0.294 e. The molecule has 0 fully saturated rings. The minimum absolute atomic E-state index is 0.0372. The predicted octanol–water partition coefficient (Wildman–Crippen LogP) is 2.73. The maximum Gasteiger partial charge on any atom is 0.294 e. The zero-order valence-corrected chi connectivity index (χ0v) is 24.0. The highest BCUT2D eigenvalue weighted by Crippen LogP contribution is 2.27. The predicted molar refractivity (Wildman–Crippen MR) is 158 cm³/mol. The first-order chi connectivity index (χ1) is 18.8. The van der Waals surface area contributed by atoms with Crippen molar-refractivity contribution >= 4 is 33.1 Å². The Labute approximate surface area is 234 Å². The molecular weight excluding hydrogens is 530 g/mol. The summed E-state index contributed by atoms with van der Waals surface area (Å²) in [7, 11) is -3.64. The van der Waals surface area contributed by atoms with Gasteiger partial charge in [-0.3, -0.25) is 19.6 Å². The molecule has 1 heterocycles. The number of carbonyl (C=O) groups excluding carboxylic acids is 1. The van der Waals surface area contributed by atoms with E-state index in [2.05, 4.69) is 15.6 Å². The van der Waals surface area contributed by atoms with E-state index < -0.39 is 21.3 Å². The van der Waals surface area contributed by atoms with Gasteiger partial charge in [-0.15, -0.1) is 0 Å². The number of carbonyl (C=O) groups is 1. The number of rotatable bonds is 12. The van der Waals surface area contributed by atoms with E-state index >= 15 is 0 Å². The van der Waals surface area contributed by atoms with E-state index in [1.807, 2.05) is 27.7 Å². The van der Waals surface area contributed by atoms with E-state index in [1.54, 1.807) is 30.3 Å². The Morgan fingerprint density at radius 3 is 2.40 bits per heavy atom. The molecule has 12 heteroatoms. The molecule has 1 atom stereocenters. The van der Waals surface area contributed by atoms with Gasteiger partial charge >= 0.3 is 0 Å². The molecule has 0 aliphatic heterocycles. The zero-order valence-electron chi connectivity index (χ0n) is 23.2. The van der Waals surface area contributed by atoms with Crippen molar-refractivity contribution in [3.05, 3.63) is 70.1 Å². The molecule has 0 radical (unpaired) electrons. The number of anilines is 2. The normalized spacial score (nSPS) is 12.2. The maximum absolute atomic E-state index is 13.4. The molecule has 0 bridgehead atoms. The zero-order chi connectivity index (χ0) is 29.6. The van der Waals surface area contributed by atoms with Crippen LogP contribution in [0.1, 0.15) is 45.2 Å². The van der Waals surface area contributed by atoms with Gasteiger partial charge in [-0.05, 0) is 43.5 Å². The Morgan fingerprint density at radius 2 is 1.80 bits per heavy atom. The van der Waals surface area contributed by atoms with Crippen molar-refractivity contribution in [2.45, 2.75) is 58.1 Å². The Bertz CT molecular complexity index is 1550. The number of hydrogen-bond donors (Lipinski definition) is 5. The summed E-state index contributed by atoms with van der Waals surface area (Å²) in [5, 5.41) is 13.3. The quantitative estimate of drug-likeness (QED) is 0.126. The molecule has 0 aliphatic carbocycles. The van der Waals surface area contributed by atoms with Crippen LogP contribution in [0.15, 0.2) is 58.4 Å². The molecule has 3 aromatic rings. The number of nitrogens with one attached hydrogen (secondary N) is 3. The van der Waals surface area contributed by atoms with Gasteiger partial charge < -0.3 is 22.1 Å². The molecule has 0 saturated heterocycles. The maximum atomic E-state index is 13.4. The summed E-state index contributed by atoms with van der Waals surface area (Å²) >= 11 is 0. The number of benzene rings is 2. The third kappa shape index (κ3) is 7.69. The highest BCUT2D eigenvalue weighted by Gasteiger charge is 2.21. The lowest BCUT2D eigenvalue weighted by Crippen LogP contribution is -2.35. The fraction of sp³-hybridized carbons (Fsp3) is 0.357. The molecule has 1 amide bonds. The van der Waals surface area contributed by atoms with Crippen molar-refractivity contribution in [3.8, 4) is 11.3 Å². The van der Waals surface area contributed by atoms with Gasteiger partial charge in [0.1, 0.15) is 12.4 Å². The van der Waals surface area contributed by atoms with Crippen LogP contribution in [0.4, 0.5) is 11.5 Å². The van der Waals surface area contributed by atoms with Crippen LogP contribution in [0.5, 0.6) is 0 Å². The summed E-state index contributed by atoms with van der Waals surface area (Å²) in [5.41, 5.74) is 13.2. The van der Waals surface area contributed by atoms with Crippen molar-refractivity contribution in [1.82, 2.24) is 14.9 Å². The Balaban J connectivity index is 1.98. The van der Waals surface area contributed by atoms with Crippen LogP contribution in [0, 0.1) is 11.3 Å². The SMILES string of the molecule is CCC(C)CS(=O)(=O)c1cc(N)cc(-c2cnc(NC(C)C)c(=O)n2CC(=O)NCc2ccc(C(=N)N)cc2)c1. The van der Waals surface area contributed by atoms with E-state index in [1.165, 1.54) is 22.9 Å². The largest absolute Gasteiger partial charge is 0.399 e. The topological polar surface area (TPSA) is 186 Å². The highest BCUT2D eigenvalue weighted by molar-refractivity contribution is 7.91. The lowest BCUT2D eigenvalue weighted by Gasteiger charge is -2.17. The molecule has 0 spiro atoms. The number of aromatic nitrogens is 2. The molecule has 1 aromatic heterocycles. The monoisotopic (exact) mass is 567 g/mol. The van der Waals surface area contributed by atoms with Crippen LogP contribution < -0.4 is 27.7 Å². The van der Waals surface area contributed by atoms with Crippen molar-refractivity contribution in [2.75, 3.05) is 16.8 Å². The van der Waals surface area contributed by atoms with Crippen LogP contribution in [0.2, 0.25) is 0 Å². The first-order valence-electron chi connectivity index (χ1n) is 13.0. The molecule has 214 valence electrons. The second-order valence-corrected chi connectivity index (χ2v) is 12.2. The Morgan fingerprint density at radius 1 is 1.12 bits per heavy atom. The van der Waals surface area contributed by atoms with E-state index in [0.29, 0.717) is 17.5 Å². The third-order valence-corrected chi connectivity index (χ3v) is 8.28. The van der Waals surface area contributed by atoms with Crippen molar-refractivity contribution < 1.29 is 13.2 Å². The van der Waals surface area contributed by atoms with Gasteiger partial charge in [-0.1, -0.05) is 44.5 Å². The summed E-state index contributed by atoms with van der Waals surface area (Å²) in [5.74, 6) is -0.499. The number of hydrogen-bond acceptors (Lipinski definition) is 8. The third-order valence-electron chi connectivity index (χ3n) is 6.32. The highest BCUT2D eigenvalue weighted by atomic mass is 32.2. The van der Waals surface area contributed by atoms with E-state index in [0.717, 1.165) is 5.56 Å². The minimum atomic E-state index is -3.64. The standard InChI is InChI=1S/C28H37N7O4S/c1-5-18(4)16-40(38,39)23-11-21(10-22(29)12-23)24-14-33-27(34-17(2)3)28(37)35(24)15-25(36)32-13-19-6-8-20(9-7-19)26(30)31/h6-12,14,17-18H,5,13,15-16,29H2,1-4H3,(H3,30,31)(H,32,36)(H,33,34). The molecule has 0 aliphatic rings. The molecule has 11 nitrogen and oxygen atoms in total. The lowest BCUT2D eigenvalue weighted by atomic mass is 10.1. The number of sulfone groups is 1. The first-order valence-corrected chi connectivity index (χ1v) is 14.7. The van der Waals surface area contributed by atoms with Gasteiger partial charge in [0.05, 0.1) is 22.5 Å². The average molecular weight is 568 g/mol. The fourth-order valence-electron chi connectivity index (χ4n) is 3.99. The van der Waals surface area contributed by atoms with Crippen LogP contribution in [0.3, 0.4) is 0 Å². The number of amidine groups is 1. The Kier molecular flexibility index (Phi) is 9.69. The minimum Gasteiger partial charge on any atom is -0.399 e. The number of nitrogen functional groups attached to an aromatic ring is 2. The summed E-state index contributed by atoms with van der Waals surface area (Å²) in [6.45, 7) is 7.36.